The summed E-state index contributed by atoms with van der Waals surface area (Å²) in [6.07, 6.45) is -3.43. The Morgan fingerprint density at radius 1 is 1.28 bits per heavy atom. The number of nitro groups is 1. The first-order chi connectivity index (χ1) is 11.8. The molecule has 1 aromatic carbocycles. The number of nitrogens with zero attached hydrogens (tertiary/aromatic N) is 3. The Morgan fingerprint density at radius 3 is 2.72 bits per heavy atom. The Bertz CT molecular complexity index is 890. The fourth-order valence-electron chi connectivity index (χ4n) is 1.94. The number of hydrogen-bond acceptors (Lipinski definition) is 7. The summed E-state index contributed by atoms with van der Waals surface area (Å²) in [5.41, 5.74) is -1.97. The van der Waals surface area contributed by atoms with Gasteiger partial charge in [-0.15, -0.1) is 0 Å². The smallest absolute Gasteiger partial charge is 0.420 e. The lowest BCUT2D eigenvalue weighted by molar-refractivity contribution is -0.385. The third-order valence-corrected chi connectivity index (χ3v) is 3.04. The van der Waals surface area contributed by atoms with Gasteiger partial charge in [0.15, 0.2) is 12.4 Å². The van der Waals surface area contributed by atoms with Gasteiger partial charge in [0.25, 0.3) is 11.6 Å². The molecular formula is C14H8F3N3O5. The Balaban J connectivity index is 1.80. The molecule has 0 aliphatic carbocycles. The van der Waals surface area contributed by atoms with Crippen LogP contribution in [0.25, 0.3) is 11.6 Å². The fourth-order valence-corrected chi connectivity index (χ4v) is 1.94. The van der Waals surface area contributed by atoms with Crippen LogP contribution >= 0.6 is 0 Å². The summed E-state index contributed by atoms with van der Waals surface area (Å²) in [6, 6.07) is 5.36. The van der Waals surface area contributed by atoms with Crippen LogP contribution in [0.3, 0.4) is 0 Å². The zero-order valence-corrected chi connectivity index (χ0v) is 12.2. The average Bonchev–Trinajstić information content (AvgIpc) is 3.23. The first-order valence-corrected chi connectivity index (χ1v) is 6.69. The monoisotopic (exact) mass is 355 g/mol. The minimum atomic E-state index is -4.82. The van der Waals surface area contributed by atoms with Crippen LogP contribution in [0.1, 0.15) is 11.5 Å². The second-order valence-electron chi connectivity index (χ2n) is 4.71. The van der Waals surface area contributed by atoms with Gasteiger partial charge in [0, 0.05) is 12.1 Å². The molecule has 0 bridgehead atoms. The molecule has 0 atom stereocenters. The van der Waals surface area contributed by atoms with Crippen LogP contribution in [0.4, 0.5) is 18.9 Å². The number of furan rings is 1. The molecule has 0 spiro atoms. The molecule has 0 saturated carbocycles. The second-order valence-corrected chi connectivity index (χ2v) is 4.71. The lowest BCUT2D eigenvalue weighted by Gasteiger charge is -2.12. The largest absolute Gasteiger partial charge is 0.483 e. The number of benzene rings is 1. The summed E-state index contributed by atoms with van der Waals surface area (Å²) >= 11 is 0. The van der Waals surface area contributed by atoms with Gasteiger partial charge >= 0.3 is 6.18 Å². The topological polar surface area (TPSA) is 104 Å². The zero-order chi connectivity index (χ0) is 18.0. The minimum Gasteiger partial charge on any atom is -0.483 e. The van der Waals surface area contributed by atoms with Gasteiger partial charge in [-0.25, -0.2) is 0 Å². The third kappa shape index (κ3) is 3.59. The number of ether oxygens (including phenoxy) is 1. The highest BCUT2D eigenvalue weighted by Gasteiger charge is 2.36. The normalized spacial score (nSPS) is 11.5. The molecule has 0 radical (unpaired) electrons. The van der Waals surface area contributed by atoms with E-state index in [-0.39, 0.29) is 11.7 Å². The van der Waals surface area contributed by atoms with E-state index in [0.717, 1.165) is 12.1 Å². The van der Waals surface area contributed by atoms with Crippen molar-refractivity contribution in [2.24, 2.45) is 0 Å². The molecule has 0 N–H and O–H groups in total. The van der Waals surface area contributed by atoms with E-state index in [1.54, 1.807) is 12.1 Å². The highest BCUT2D eigenvalue weighted by atomic mass is 19.4. The zero-order valence-electron chi connectivity index (χ0n) is 12.2. The van der Waals surface area contributed by atoms with Gasteiger partial charge in [-0.05, 0) is 18.2 Å². The predicted molar refractivity (Wildman–Crippen MR) is 74.4 cm³/mol. The maximum Gasteiger partial charge on any atom is 0.420 e. The molecule has 0 aliphatic rings. The molecule has 0 aliphatic heterocycles. The molecule has 0 unspecified atom stereocenters. The number of halogens is 3. The first-order valence-electron chi connectivity index (χ1n) is 6.69. The van der Waals surface area contributed by atoms with Gasteiger partial charge in [-0.1, -0.05) is 5.16 Å². The van der Waals surface area contributed by atoms with Crippen molar-refractivity contribution in [3.8, 4) is 17.3 Å². The average molecular weight is 355 g/mol. The summed E-state index contributed by atoms with van der Waals surface area (Å²) < 4.78 is 54.1. The Morgan fingerprint density at radius 2 is 2.08 bits per heavy atom. The summed E-state index contributed by atoms with van der Waals surface area (Å²) in [4.78, 5) is 13.6. The lowest BCUT2D eigenvalue weighted by atomic mass is 10.1. The van der Waals surface area contributed by atoms with E-state index in [4.69, 9.17) is 13.7 Å². The van der Waals surface area contributed by atoms with E-state index in [1.165, 1.54) is 6.26 Å². The number of nitro benzene ring substituents is 1. The second kappa shape index (κ2) is 6.26. The molecule has 2 heterocycles. The fraction of sp³-hybridized carbons (Fsp3) is 0.143. The Kier molecular flexibility index (Phi) is 4.13. The molecule has 130 valence electrons. The van der Waals surface area contributed by atoms with Crippen molar-refractivity contribution in [1.29, 1.82) is 0 Å². The van der Waals surface area contributed by atoms with E-state index < -0.39 is 34.7 Å². The van der Waals surface area contributed by atoms with Gasteiger partial charge in [0.1, 0.15) is 11.3 Å². The van der Waals surface area contributed by atoms with Gasteiger partial charge in [0.2, 0.25) is 5.82 Å². The molecule has 25 heavy (non-hydrogen) atoms. The molecule has 0 saturated heterocycles. The lowest BCUT2D eigenvalue weighted by Crippen LogP contribution is -2.09. The van der Waals surface area contributed by atoms with Gasteiger partial charge < -0.3 is 13.7 Å². The van der Waals surface area contributed by atoms with Crippen LogP contribution in [0, 0.1) is 10.1 Å². The van der Waals surface area contributed by atoms with E-state index in [1.807, 2.05) is 0 Å². The Hall–Kier alpha value is -3.37. The van der Waals surface area contributed by atoms with Crippen LogP contribution in [0.2, 0.25) is 0 Å². The van der Waals surface area contributed by atoms with Crippen molar-refractivity contribution in [3.05, 3.63) is 58.2 Å². The van der Waals surface area contributed by atoms with Crippen molar-refractivity contribution >= 4 is 5.69 Å². The van der Waals surface area contributed by atoms with Gasteiger partial charge in [0.05, 0.1) is 11.2 Å². The van der Waals surface area contributed by atoms with Gasteiger partial charge in [-0.3, -0.25) is 10.1 Å². The molecular weight excluding hydrogens is 347 g/mol. The first kappa shape index (κ1) is 16.5. The van der Waals surface area contributed by atoms with Crippen molar-refractivity contribution in [2.45, 2.75) is 12.8 Å². The molecule has 3 rings (SSSR count). The van der Waals surface area contributed by atoms with Crippen LogP contribution in [-0.2, 0) is 12.8 Å². The molecule has 8 nitrogen and oxygen atoms in total. The highest BCUT2D eigenvalue weighted by molar-refractivity contribution is 5.46. The maximum atomic E-state index is 13.0. The molecule has 11 heteroatoms. The van der Waals surface area contributed by atoms with E-state index in [2.05, 4.69) is 10.1 Å². The molecule has 0 amide bonds. The summed E-state index contributed by atoms with van der Waals surface area (Å²) in [5.74, 6) is -0.238. The van der Waals surface area contributed by atoms with Crippen LogP contribution < -0.4 is 4.74 Å². The van der Waals surface area contributed by atoms with Crippen molar-refractivity contribution < 1.29 is 31.8 Å². The van der Waals surface area contributed by atoms with E-state index in [9.17, 15) is 23.3 Å². The number of non-ortho nitro benzene ring substituents is 1. The van der Waals surface area contributed by atoms with Crippen LogP contribution in [0.15, 0.2) is 45.5 Å². The van der Waals surface area contributed by atoms with Crippen molar-refractivity contribution in [2.75, 3.05) is 0 Å². The predicted octanol–water partition coefficient (Wildman–Crippen LogP) is 3.84. The van der Waals surface area contributed by atoms with E-state index in [0.29, 0.717) is 11.8 Å². The Labute approximate surface area is 137 Å². The quantitative estimate of drug-likeness (QED) is 0.506. The standard InChI is InChI=1S/C14H8F3N3O5/c15-14(16,17)9-6-8(20(21)22)3-4-10(9)24-7-12-18-13(19-25-12)11-2-1-5-23-11/h1-6H,7H2. The molecule has 3 aromatic rings. The van der Waals surface area contributed by atoms with Crippen LogP contribution in [-0.4, -0.2) is 15.1 Å². The summed E-state index contributed by atoms with van der Waals surface area (Å²) in [6.45, 7) is -0.450. The number of hydrogen-bond donors (Lipinski definition) is 0. The molecule has 0 fully saturated rings. The number of rotatable bonds is 5. The van der Waals surface area contributed by atoms with E-state index >= 15 is 0 Å². The van der Waals surface area contributed by atoms with Crippen molar-refractivity contribution in [1.82, 2.24) is 10.1 Å². The number of aromatic nitrogens is 2. The van der Waals surface area contributed by atoms with Crippen LogP contribution in [0.5, 0.6) is 5.75 Å². The van der Waals surface area contributed by atoms with Gasteiger partial charge in [-0.2, -0.15) is 18.2 Å². The molecule has 2 aromatic heterocycles. The summed E-state index contributed by atoms with van der Waals surface area (Å²) in [5, 5.41) is 14.2. The van der Waals surface area contributed by atoms with Crippen molar-refractivity contribution in [3.63, 3.8) is 0 Å². The SMILES string of the molecule is O=[N+]([O-])c1ccc(OCc2nc(-c3ccco3)no2)c(C(F)(F)F)c1. The number of alkyl halides is 3. The third-order valence-electron chi connectivity index (χ3n) is 3.04. The highest BCUT2D eigenvalue weighted by Crippen LogP contribution is 2.38. The summed E-state index contributed by atoms with van der Waals surface area (Å²) in [7, 11) is 0. The minimum absolute atomic E-state index is 0.0853. The maximum absolute atomic E-state index is 13.0.